The fourth-order valence-corrected chi connectivity index (χ4v) is 4.34. The second-order valence-corrected chi connectivity index (χ2v) is 8.85. The summed E-state index contributed by atoms with van der Waals surface area (Å²) in [6.45, 7) is 1.65. The highest BCUT2D eigenvalue weighted by Crippen LogP contribution is 2.37. The van der Waals surface area contributed by atoms with Gasteiger partial charge in [-0.15, -0.1) is 0 Å². The van der Waals surface area contributed by atoms with Crippen LogP contribution in [0.4, 0.5) is 8.78 Å². The average molecular weight is 465 g/mol. The van der Waals surface area contributed by atoms with Crippen molar-refractivity contribution >= 4 is 11.9 Å². The van der Waals surface area contributed by atoms with Gasteiger partial charge in [-0.25, -0.2) is 8.78 Å². The number of carbonyl (C=O) groups excluding carboxylic acids is 1. The van der Waals surface area contributed by atoms with E-state index in [4.69, 9.17) is 4.74 Å². The molecule has 3 aromatic rings. The largest absolute Gasteiger partial charge is 0.487 e. The van der Waals surface area contributed by atoms with Gasteiger partial charge in [-0.1, -0.05) is 24.3 Å². The minimum atomic E-state index is -1.12. The molecule has 0 bridgehead atoms. The summed E-state index contributed by atoms with van der Waals surface area (Å²) in [5.41, 5.74) is 2.31. The lowest BCUT2D eigenvalue weighted by molar-refractivity contribution is -0.137. The number of carboxylic acids is 1. The van der Waals surface area contributed by atoms with Gasteiger partial charge in [0.1, 0.15) is 29.5 Å². The van der Waals surface area contributed by atoms with Gasteiger partial charge in [-0.05, 0) is 72.5 Å². The molecule has 34 heavy (non-hydrogen) atoms. The molecular weight excluding hydrogens is 440 g/mol. The maximum absolute atomic E-state index is 13.5. The predicted molar refractivity (Wildman–Crippen MR) is 123 cm³/mol. The zero-order chi connectivity index (χ0) is 24.3. The first-order valence-corrected chi connectivity index (χ1v) is 11.0. The minimum Gasteiger partial charge on any atom is -0.487 e. The van der Waals surface area contributed by atoms with Crippen molar-refractivity contribution in [3.05, 3.63) is 101 Å². The Morgan fingerprint density at radius 1 is 1.00 bits per heavy atom. The molecule has 0 fully saturated rings. The predicted octanol–water partition coefficient (Wildman–Crippen LogP) is 4.67. The van der Waals surface area contributed by atoms with Crippen LogP contribution in [0.2, 0.25) is 0 Å². The van der Waals surface area contributed by atoms with Crippen molar-refractivity contribution in [3.8, 4) is 5.75 Å². The quantitative estimate of drug-likeness (QED) is 0.525. The van der Waals surface area contributed by atoms with Crippen LogP contribution in [0.1, 0.15) is 34.0 Å². The summed E-state index contributed by atoms with van der Waals surface area (Å²) in [6, 6.07) is 17.4. The Morgan fingerprint density at radius 2 is 1.76 bits per heavy atom. The van der Waals surface area contributed by atoms with Crippen molar-refractivity contribution in [2.75, 3.05) is 13.1 Å². The number of ether oxygens (including phenoxy) is 1. The van der Waals surface area contributed by atoms with E-state index in [2.05, 4.69) is 0 Å². The summed E-state index contributed by atoms with van der Waals surface area (Å²) >= 11 is 0. The van der Waals surface area contributed by atoms with Crippen LogP contribution in [0.3, 0.4) is 0 Å². The van der Waals surface area contributed by atoms with Gasteiger partial charge in [-0.2, -0.15) is 0 Å². The van der Waals surface area contributed by atoms with E-state index in [0.29, 0.717) is 36.1 Å². The van der Waals surface area contributed by atoms with Crippen LogP contribution < -0.4 is 4.74 Å². The third-order valence-corrected chi connectivity index (χ3v) is 5.89. The number of nitrogens with zero attached hydrogens (tertiary/aromatic N) is 1. The van der Waals surface area contributed by atoms with E-state index < -0.39 is 24.0 Å². The highest BCUT2D eigenvalue weighted by atomic mass is 19.1. The summed E-state index contributed by atoms with van der Waals surface area (Å²) in [5, 5.41) is 9.30. The van der Waals surface area contributed by atoms with Crippen molar-refractivity contribution < 1.29 is 28.2 Å². The summed E-state index contributed by atoms with van der Waals surface area (Å²) in [4.78, 5) is 25.8. The van der Waals surface area contributed by atoms with Crippen LogP contribution in [0.25, 0.3) is 0 Å². The number of carboxylic acid groups (broad SMARTS) is 1. The summed E-state index contributed by atoms with van der Waals surface area (Å²) in [7, 11) is 0. The molecule has 3 aromatic carbocycles. The average Bonchev–Trinajstić information content (AvgIpc) is 3.12. The van der Waals surface area contributed by atoms with Crippen molar-refractivity contribution in [2.45, 2.75) is 31.8 Å². The molecule has 0 saturated carbocycles. The molecule has 176 valence electrons. The maximum atomic E-state index is 13.5. The Morgan fingerprint density at radius 3 is 2.47 bits per heavy atom. The number of carbonyl (C=O) groups is 2. The van der Waals surface area contributed by atoms with E-state index in [-0.39, 0.29) is 18.2 Å². The Balaban J connectivity index is 1.48. The first-order chi connectivity index (χ1) is 16.2. The van der Waals surface area contributed by atoms with E-state index in [1.54, 1.807) is 42.5 Å². The second kappa shape index (κ2) is 9.63. The number of hydrogen-bond acceptors (Lipinski definition) is 3. The van der Waals surface area contributed by atoms with E-state index >= 15 is 0 Å². The second-order valence-electron chi connectivity index (χ2n) is 8.85. The molecule has 7 heteroatoms. The molecule has 0 aromatic heterocycles. The van der Waals surface area contributed by atoms with Gasteiger partial charge in [0.25, 0.3) is 5.91 Å². The van der Waals surface area contributed by atoms with Crippen LogP contribution in [0.5, 0.6) is 5.75 Å². The fourth-order valence-electron chi connectivity index (χ4n) is 4.34. The van der Waals surface area contributed by atoms with Crippen molar-refractivity contribution in [1.82, 2.24) is 4.90 Å². The minimum absolute atomic E-state index is 0.143. The molecule has 1 aliphatic rings. The molecule has 1 heterocycles. The Kier molecular flexibility index (Phi) is 6.63. The number of aliphatic carboxylic acids is 1. The number of hydrogen-bond donors (Lipinski definition) is 1. The lowest BCUT2D eigenvalue weighted by Gasteiger charge is -2.24. The first kappa shape index (κ1) is 23.4. The zero-order valence-electron chi connectivity index (χ0n) is 18.8. The number of rotatable bonds is 8. The van der Waals surface area contributed by atoms with E-state index in [1.807, 2.05) is 6.92 Å². The van der Waals surface area contributed by atoms with Gasteiger partial charge in [0.2, 0.25) is 0 Å². The molecule has 1 N–H and O–H groups in total. The summed E-state index contributed by atoms with van der Waals surface area (Å²) < 4.78 is 32.8. The molecule has 0 saturated heterocycles. The highest BCUT2D eigenvalue weighted by Gasteiger charge is 2.35. The SMILES string of the molecule is C[C@]1(Cc2ccc(F)cc2)Cc2cc(C(=O)N(CCc3cccc(F)c3)CC(=O)O)ccc2O1. The van der Waals surface area contributed by atoms with Crippen molar-refractivity contribution in [2.24, 2.45) is 0 Å². The normalized spacial score (nSPS) is 16.6. The van der Waals surface area contributed by atoms with Crippen molar-refractivity contribution in [3.63, 3.8) is 0 Å². The van der Waals surface area contributed by atoms with Crippen LogP contribution >= 0.6 is 0 Å². The number of benzene rings is 3. The standard InChI is InChI=1S/C27H25F2NO4/c1-27(15-19-5-8-22(28)9-6-19)16-21-14-20(7-10-24(21)34-27)26(33)30(17-25(31)32)12-11-18-3-2-4-23(29)13-18/h2-10,13-14H,11-12,15-17H2,1H3,(H,31,32)/t27-/m0/s1. The smallest absolute Gasteiger partial charge is 0.323 e. The van der Waals surface area contributed by atoms with Gasteiger partial charge < -0.3 is 14.7 Å². The van der Waals surface area contributed by atoms with Crippen LogP contribution in [0.15, 0.2) is 66.7 Å². The van der Waals surface area contributed by atoms with Crippen LogP contribution in [0, 0.1) is 11.6 Å². The third kappa shape index (κ3) is 5.60. The molecule has 5 nitrogen and oxygen atoms in total. The molecule has 1 aliphatic heterocycles. The molecule has 4 rings (SSSR count). The Labute approximate surface area is 196 Å². The molecular formula is C27H25F2NO4. The Hall–Kier alpha value is -3.74. The van der Waals surface area contributed by atoms with E-state index in [1.165, 1.54) is 29.2 Å². The van der Waals surface area contributed by atoms with Gasteiger partial charge in [0.15, 0.2) is 0 Å². The maximum Gasteiger partial charge on any atom is 0.323 e. The van der Waals surface area contributed by atoms with Crippen LogP contribution in [-0.4, -0.2) is 40.6 Å². The molecule has 0 unspecified atom stereocenters. The number of fused-ring (bicyclic) bond motifs is 1. The summed E-state index contributed by atoms with van der Waals surface area (Å²) in [6.07, 6.45) is 1.47. The highest BCUT2D eigenvalue weighted by molar-refractivity contribution is 5.96. The molecule has 1 atom stereocenters. The van der Waals surface area contributed by atoms with E-state index in [0.717, 1.165) is 11.1 Å². The zero-order valence-corrected chi connectivity index (χ0v) is 18.8. The monoisotopic (exact) mass is 465 g/mol. The van der Waals surface area contributed by atoms with Gasteiger partial charge in [0, 0.05) is 24.9 Å². The van der Waals surface area contributed by atoms with E-state index in [9.17, 15) is 23.5 Å². The van der Waals surface area contributed by atoms with Crippen LogP contribution in [-0.2, 0) is 24.1 Å². The van der Waals surface area contributed by atoms with Gasteiger partial charge in [-0.3, -0.25) is 9.59 Å². The van der Waals surface area contributed by atoms with Gasteiger partial charge in [0.05, 0.1) is 0 Å². The first-order valence-electron chi connectivity index (χ1n) is 11.0. The lowest BCUT2D eigenvalue weighted by atomic mass is 9.91. The number of amides is 1. The lowest BCUT2D eigenvalue weighted by Crippen LogP contribution is -2.37. The van der Waals surface area contributed by atoms with Crippen molar-refractivity contribution in [1.29, 1.82) is 0 Å². The molecule has 1 amide bonds. The topological polar surface area (TPSA) is 66.8 Å². The third-order valence-electron chi connectivity index (χ3n) is 5.89. The summed E-state index contributed by atoms with van der Waals surface area (Å²) in [5.74, 6) is -1.53. The fraction of sp³-hybridized carbons (Fsp3) is 0.259. The Bertz CT molecular complexity index is 1210. The molecule has 0 aliphatic carbocycles. The molecule has 0 spiro atoms. The van der Waals surface area contributed by atoms with Gasteiger partial charge >= 0.3 is 5.97 Å². The number of halogens is 2. The molecule has 0 radical (unpaired) electrons.